The van der Waals surface area contributed by atoms with Crippen molar-refractivity contribution >= 4 is 5.96 Å². The first-order chi connectivity index (χ1) is 11.7. The molecule has 0 unspecified atom stereocenters. The van der Waals surface area contributed by atoms with Crippen LogP contribution in [0, 0.1) is 0 Å². The van der Waals surface area contributed by atoms with Crippen LogP contribution in [0.4, 0.5) is 0 Å². The van der Waals surface area contributed by atoms with Crippen molar-refractivity contribution in [2.24, 2.45) is 12.0 Å². The molecule has 0 radical (unpaired) electrons. The van der Waals surface area contributed by atoms with Crippen LogP contribution < -0.4 is 10.6 Å². The zero-order chi connectivity index (χ0) is 17.4. The highest BCUT2D eigenvalue weighted by molar-refractivity contribution is 5.79. The lowest BCUT2D eigenvalue weighted by molar-refractivity contribution is 0.665. The highest BCUT2D eigenvalue weighted by Gasteiger charge is 2.13. The summed E-state index contributed by atoms with van der Waals surface area (Å²) < 4.78 is 4.15. The molecular weight excluding hydrogens is 300 g/mol. The van der Waals surface area contributed by atoms with Gasteiger partial charge in [0.15, 0.2) is 5.96 Å². The third-order valence-electron chi connectivity index (χ3n) is 4.10. The summed E-state index contributed by atoms with van der Waals surface area (Å²) in [5.41, 5.74) is 3.70. The first-order valence-electron chi connectivity index (χ1n) is 8.86. The number of nitrogens with zero attached hydrogens (tertiary/aromatic N) is 4. The number of hydrogen-bond donors (Lipinski definition) is 2. The van der Waals surface area contributed by atoms with E-state index in [1.54, 1.807) is 0 Å². The van der Waals surface area contributed by atoms with Crippen LogP contribution in [0.25, 0.3) is 0 Å². The molecule has 2 rings (SSSR count). The van der Waals surface area contributed by atoms with Crippen molar-refractivity contribution in [2.75, 3.05) is 13.1 Å². The molecule has 2 N–H and O–H groups in total. The molecule has 0 saturated heterocycles. The summed E-state index contributed by atoms with van der Waals surface area (Å²) in [5.74, 6) is 0.859. The van der Waals surface area contributed by atoms with Gasteiger partial charge in [0, 0.05) is 50.3 Å². The lowest BCUT2D eigenvalue weighted by Crippen LogP contribution is -2.38. The van der Waals surface area contributed by atoms with Gasteiger partial charge in [0.05, 0.1) is 12.2 Å². The smallest absolute Gasteiger partial charge is 0.191 e. The minimum atomic E-state index is 0.666. The van der Waals surface area contributed by atoms with Gasteiger partial charge in [0.2, 0.25) is 0 Å². The summed E-state index contributed by atoms with van der Waals surface area (Å²) in [4.78, 5) is 4.76. The molecule has 132 valence electrons. The number of aromatic nitrogens is 3. The third kappa shape index (κ3) is 4.63. The Labute approximate surface area is 145 Å². The standard InChI is InChI=1S/C18H30N6/c1-5-16-15(17(6-2)23(4)22-16)14-21-18(19-7-3)20-10-13-24-11-8-9-12-24/h8-9,11-12H,5-7,10,13-14H2,1-4H3,(H2,19,20,21). The van der Waals surface area contributed by atoms with Crippen LogP contribution in [0.3, 0.4) is 0 Å². The second-order valence-corrected chi connectivity index (χ2v) is 5.75. The molecule has 0 bridgehead atoms. The summed E-state index contributed by atoms with van der Waals surface area (Å²) >= 11 is 0. The van der Waals surface area contributed by atoms with Crippen LogP contribution in [0.5, 0.6) is 0 Å². The molecule has 0 saturated carbocycles. The predicted molar refractivity (Wildman–Crippen MR) is 99.2 cm³/mol. The van der Waals surface area contributed by atoms with Gasteiger partial charge in [0.1, 0.15) is 0 Å². The largest absolute Gasteiger partial charge is 0.357 e. The Morgan fingerprint density at radius 1 is 1.12 bits per heavy atom. The Morgan fingerprint density at radius 2 is 1.88 bits per heavy atom. The van der Waals surface area contributed by atoms with Crippen molar-refractivity contribution in [3.05, 3.63) is 41.5 Å². The van der Waals surface area contributed by atoms with E-state index in [1.165, 1.54) is 11.3 Å². The molecule has 6 heteroatoms. The van der Waals surface area contributed by atoms with Crippen molar-refractivity contribution in [3.63, 3.8) is 0 Å². The average Bonchev–Trinajstić information content (AvgIpc) is 3.19. The van der Waals surface area contributed by atoms with E-state index in [-0.39, 0.29) is 0 Å². The minimum Gasteiger partial charge on any atom is -0.357 e. The molecule has 0 atom stereocenters. The molecule has 2 heterocycles. The van der Waals surface area contributed by atoms with Gasteiger partial charge >= 0.3 is 0 Å². The molecule has 0 fully saturated rings. The number of hydrogen-bond acceptors (Lipinski definition) is 2. The SMILES string of the molecule is CCNC(=NCc1c(CC)nn(C)c1CC)NCCn1cccc1. The average molecular weight is 330 g/mol. The van der Waals surface area contributed by atoms with Crippen molar-refractivity contribution in [3.8, 4) is 0 Å². The Balaban J connectivity index is 2.02. The molecule has 0 aromatic carbocycles. The van der Waals surface area contributed by atoms with Crippen molar-refractivity contribution in [1.82, 2.24) is 25.0 Å². The maximum Gasteiger partial charge on any atom is 0.191 e. The molecular formula is C18H30N6. The molecule has 2 aromatic rings. The van der Waals surface area contributed by atoms with Gasteiger partial charge in [-0.25, -0.2) is 4.99 Å². The van der Waals surface area contributed by atoms with Crippen LogP contribution in [-0.2, 0) is 33.0 Å². The molecule has 0 spiro atoms. The lowest BCUT2D eigenvalue weighted by atomic mass is 10.1. The topological polar surface area (TPSA) is 59.2 Å². The van der Waals surface area contributed by atoms with Gasteiger partial charge in [-0.1, -0.05) is 13.8 Å². The van der Waals surface area contributed by atoms with E-state index in [9.17, 15) is 0 Å². The van der Waals surface area contributed by atoms with E-state index >= 15 is 0 Å². The second kappa shape index (κ2) is 9.15. The minimum absolute atomic E-state index is 0.666. The quantitative estimate of drug-likeness (QED) is 0.576. The molecule has 24 heavy (non-hydrogen) atoms. The predicted octanol–water partition coefficient (Wildman–Crippen LogP) is 2.10. The van der Waals surface area contributed by atoms with Crippen LogP contribution in [0.1, 0.15) is 37.7 Å². The van der Waals surface area contributed by atoms with E-state index in [2.05, 4.69) is 53.5 Å². The van der Waals surface area contributed by atoms with Crippen molar-refractivity contribution in [2.45, 2.75) is 46.7 Å². The van der Waals surface area contributed by atoms with Crippen LogP contribution in [0.2, 0.25) is 0 Å². The number of guanidine groups is 1. The number of rotatable bonds is 8. The van der Waals surface area contributed by atoms with Crippen molar-refractivity contribution < 1.29 is 0 Å². The zero-order valence-corrected chi connectivity index (χ0v) is 15.3. The zero-order valence-electron chi connectivity index (χ0n) is 15.3. The summed E-state index contributed by atoms with van der Waals surface area (Å²) in [6, 6.07) is 4.08. The van der Waals surface area contributed by atoms with Crippen LogP contribution in [0.15, 0.2) is 29.5 Å². The van der Waals surface area contributed by atoms with Gasteiger partial charge < -0.3 is 15.2 Å². The van der Waals surface area contributed by atoms with E-state index < -0.39 is 0 Å². The van der Waals surface area contributed by atoms with Gasteiger partial charge in [-0.15, -0.1) is 0 Å². The first-order valence-corrected chi connectivity index (χ1v) is 8.86. The fourth-order valence-electron chi connectivity index (χ4n) is 2.89. The fourth-order valence-corrected chi connectivity index (χ4v) is 2.89. The summed E-state index contributed by atoms with van der Waals surface area (Å²) in [6.45, 7) is 9.68. The Morgan fingerprint density at radius 3 is 2.50 bits per heavy atom. The summed E-state index contributed by atoms with van der Waals surface area (Å²) in [5, 5.41) is 11.3. The number of aryl methyl sites for hydroxylation is 2. The summed E-state index contributed by atoms with van der Waals surface area (Å²) in [6.07, 6.45) is 6.06. The van der Waals surface area contributed by atoms with Gasteiger partial charge in [-0.05, 0) is 31.9 Å². The maximum absolute atomic E-state index is 4.76. The normalized spacial score (nSPS) is 11.8. The maximum atomic E-state index is 4.76. The monoisotopic (exact) mass is 330 g/mol. The third-order valence-corrected chi connectivity index (χ3v) is 4.10. The lowest BCUT2D eigenvalue weighted by Gasteiger charge is -2.12. The first kappa shape index (κ1) is 18.1. The second-order valence-electron chi connectivity index (χ2n) is 5.75. The Bertz CT molecular complexity index is 639. The van der Waals surface area contributed by atoms with E-state index in [1.807, 2.05) is 23.9 Å². The van der Waals surface area contributed by atoms with Gasteiger partial charge in [-0.3, -0.25) is 4.68 Å². The van der Waals surface area contributed by atoms with Gasteiger partial charge in [-0.2, -0.15) is 5.10 Å². The fraction of sp³-hybridized carbons (Fsp3) is 0.556. The van der Waals surface area contributed by atoms with E-state index in [4.69, 9.17) is 4.99 Å². The molecule has 0 aliphatic carbocycles. The summed E-state index contributed by atoms with van der Waals surface area (Å²) in [7, 11) is 2.02. The molecule has 0 aliphatic rings. The number of aliphatic imine (C=N–C) groups is 1. The highest BCUT2D eigenvalue weighted by atomic mass is 15.3. The highest BCUT2D eigenvalue weighted by Crippen LogP contribution is 2.16. The Hall–Kier alpha value is -2.24. The molecule has 0 amide bonds. The molecule has 0 aliphatic heterocycles. The van der Waals surface area contributed by atoms with Gasteiger partial charge in [0.25, 0.3) is 0 Å². The van der Waals surface area contributed by atoms with E-state index in [0.717, 1.165) is 44.1 Å². The molecule has 6 nitrogen and oxygen atoms in total. The Kier molecular flexibility index (Phi) is 6.90. The van der Waals surface area contributed by atoms with Crippen LogP contribution in [-0.4, -0.2) is 33.4 Å². The van der Waals surface area contributed by atoms with Crippen LogP contribution >= 0.6 is 0 Å². The van der Waals surface area contributed by atoms with Crippen molar-refractivity contribution in [1.29, 1.82) is 0 Å². The molecule has 2 aromatic heterocycles. The number of nitrogens with one attached hydrogen (secondary N) is 2. The van der Waals surface area contributed by atoms with E-state index in [0.29, 0.717) is 6.54 Å².